The van der Waals surface area contributed by atoms with Crippen molar-refractivity contribution in [3.05, 3.63) is 29.8 Å². The highest BCUT2D eigenvalue weighted by Crippen LogP contribution is 2.18. The van der Waals surface area contributed by atoms with Crippen LogP contribution in [0.15, 0.2) is 24.3 Å². The van der Waals surface area contributed by atoms with Crippen molar-refractivity contribution in [2.75, 3.05) is 31.6 Å². The van der Waals surface area contributed by atoms with Crippen LogP contribution in [0.1, 0.15) is 12.5 Å². The first-order valence-electron chi connectivity index (χ1n) is 5.68. The molecule has 0 radical (unpaired) electrons. The SMILES string of the molecule is Cc1ccc(N2CCN(C)[C@H](C)C2)cc1. The minimum Gasteiger partial charge on any atom is -0.369 e. The summed E-state index contributed by atoms with van der Waals surface area (Å²) in [5, 5.41) is 0. The number of hydrogen-bond acceptors (Lipinski definition) is 2. The fourth-order valence-electron chi connectivity index (χ4n) is 2.04. The molecule has 0 aliphatic carbocycles. The third kappa shape index (κ3) is 2.32. The number of aryl methyl sites for hydroxylation is 1. The number of benzene rings is 1. The topological polar surface area (TPSA) is 6.48 Å². The van der Waals surface area contributed by atoms with Crippen LogP contribution in [0.2, 0.25) is 0 Å². The van der Waals surface area contributed by atoms with E-state index in [1.807, 2.05) is 0 Å². The minimum absolute atomic E-state index is 0.653. The molecule has 2 heteroatoms. The number of piperazine rings is 1. The Morgan fingerprint density at radius 3 is 2.40 bits per heavy atom. The summed E-state index contributed by atoms with van der Waals surface area (Å²) in [7, 11) is 2.21. The molecule has 0 N–H and O–H groups in total. The standard InChI is InChI=1S/C13H20N2/c1-11-4-6-13(7-5-11)15-9-8-14(3)12(2)10-15/h4-7,12H,8-10H2,1-3H3/t12-/m1/s1. The van der Waals surface area contributed by atoms with Crippen molar-refractivity contribution in [3.63, 3.8) is 0 Å². The highest BCUT2D eigenvalue weighted by molar-refractivity contribution is 5.48. The van der Waals surface area contributed by atoms with Gasteiger partial charge < -0.3 is 9.80 Å². The molecule has 0 unspecified atom stereocenters. The molecule has 0 bridgehead atoms. The Bertz CT molecular complexity index is 318. The maximum absolute atomic E-state index is 2.48. The first kappa shape index (κ1) is 10.5. The Balaban J connectivity index is 2.08. The lowest BCUT2D eigenvalue weighted by Gasteiger charge is -2.39. The van der Waals surface area contributed by atoms with E-state index in [1.54, 1.807) is 0 Å². The maximum atomic E-state index is 2.48. The van der Waals surface area contributed by atoms with Gasteiger partial charge in [0.2, 0.25) is 0 Å². The van der Waals surface area contributed by atoms with Crippen molar-refractivity contribution >= 4 is 5.69 Å². The highest BCUT2D eigenvalue weighted by Gasteiger charge is 2.20. The maximum Gasteiger partial charge on any atom is 0.0367 e. The van der Waals surface area contributed by atoms with E-state index in [1.165, 1.54) is 11.3 Å². The van der Waals surface area contributed by atoms with E-state index in [0.717, 1.165) is 19.6 Å². The summed E-state index contributed by atoms with van der Waals surface area (Å²) in [6, 6.07) is 9.50. The van der Waals surface area contributed by atoms with Crippen LogP contribution >= 0.6 is 0 Å². The summed E-state index contributed by atoms with van der Waals surface area (Å²) in [5.74, 6) is 0. The molecule has 15 heavy (non-hydrogen) atoms. The van der Waals surface area contributed by atoms with Crippen molar-refractivity contribution in [2.45, 2.75) is 19.9 Å². The van der Waals surface area contributed by atoms with Gasteiger partial charge in [0.25, 0.3) is 0 Å². The van der Waals surface area contributed by atoms with Gasteiger partial charge in [-0.3, -0.25) is 0 Å². The fraction of sp³-hybridized carbons (Fsp3) is 0.538. The van der Waals surface area contributed by atoms with E-state index in [4.69, 9.17) is 0 Å². The molecular formula is C13H20N2. The molecule has 1 aliphatic rings. The quantitative estimate of drug-likeness (QED) is 0.691. The van der Waals surface area contributed by atoms with Crippen LogP contribution in [0.5, 0.6) is 0 Å². The van der Waals surface area contributed by atoms with E-state index in [0.29, 0.717) is 6.04 Å². The molecule has 1 aliphatic heterocycles. The third-order valence-corrected chi connectivity index (χ3v) is 3.36. The first-order chi connectivity index (χ1) is 7.16. The Kier molecular flexibility index (Phi) is 2.96. The van der Waals surface area contributed by atoms with Gasteiger partial charge >= 0.3 is 0 Å². The van der Waals surface area contributed by atoms with E-state index in [-0.39, 0.29) is 0 Å². The van der Waals surface area contributed by atoms with Gasteiger partial charge in [0.15, 0.2) is 0 Å². The molecule has 1 aromatic carbocycles. The molecule has 1 saturated heterocycles. The van der Waals surface area contributed by atoms with Gasteiger partial charge in [-0.2, -0.15) is 0 Å². The van der Waals surface area contributed by atoms with Crippen LogP contribution in [0.25, 0.3) is 0 Å². The average molecular weight is 204 g/mol. The summed E-state index contributed by atoms with van der Waals surface area (Å²) in [6.07, 6.45) is 0. The number of hydrogen-bond donors (Lipinski definition) is 0. The fourth-order valence-corrected chi connectivity index (χ4v) is 2.04. The van der Waals surface area contributed by atoms with E-state index in [2.05, 4.69) is 55.0 Å². The van der Waals surface area contributed by atoms with Crippen LogP contribution in [-0.4, -0.2) is 37.6 Å². The van der Waals surface area contributed by atoms with Crippen molar-refractivity contribution in [1.82, 2.24) is 4.90 Å². The first-order valence-corrected chi connectivity index (χ1v) is 5.68. The van der Waals surface area contributed by atoms with E-state index >= 15 is 0 Å². The lowest BCUT2D eigenvalue weighted by molar-refractivity contribution is 0.234. The second kappa shape index (κ2) is 4.23. The van der Waals surface area contributed by atoms with Crippen LogP contribution < -0.4 is 4.90 Å². The normalized spacial score (nSPS) is 23.1. The number of rotatable bonds is 1. The largest absolute Gasteiger partial charge is 0.369 e. The van der Waals surface area contributed by atoms with Crippen molar-refractivity contribution < 1.29 is 0 Å². The minimum atomic E-state index is 0.653. The predicted molar refractivity (Wildman–Crippen MR) is 65.5 cm³/mol. The van der Waals surface area contributed by atoms with Crippen molar-refractivity contribution in [1.29, 1.82) is 0 Å². The molecular weight excluding hydrogens is 184 g/mol. The highest BCUT2D eigenvalue weighted by atomic mass is 15.3. The Hall–Kier alpha value is -1.02. The lowest BCUT2D eigenvalue weighted by Crippen LogP contribution is -2.50. The number of anilines is 1. The van der Waals surface area contributed by atoms with Gasteiger partial charge in [0.05, 0.1) is 0 Å². The smallest absolute Gasteiger partial charge is 0.0367 e. The Labute approximate surface area is 92.5 Å². The van der Waals surface area contributed by atoms with Crippen molar-refractivity contribution in [3.8, 4) is 0 Å². The molecule has 1 aromatic rings. The summed E-state index contributed by atoms with van der Waals surface area (Å²) < 4.78 is 0. The Morgan fingerprint density at radius 1 is 1.13 bits per heavy atom. The summed E-state index contributed by atoms with van der Waals surface area (Å²) >= 11 is 0. The number of likely N-dealkylation sites (N-methyl/N-ethyl adjacent to an activating group) is 1. The second-order valence-corrected chi connectivity index (χ2v) is 4.61. The molecule has 0 spiro atoms. The van der Waals surface area contributed by atoms with Gasteiger partial charge in [0, 0.05) is 31.4 Å². The van der Waals surface area contributed by atoms with Crippen LogP contribution in [0, 0.1) is 6.92 Å². The zero-order valence-electron chi connectivity index (χ0n) is 9.90. The molecule has 2 rings (SSSR count). The average Bonchev–Trinajstić information content (AvgIpc) is 2.23. The predicted octanol–water partition coefficient (Wildman–Crippen LogP) is 2.14. The van der Waals surface area contributed by atoms with Gasteiger partial charge in [-0.15, -0.1) is 0 Å². The molecule has 1 fully saturated rings. The summed E-state index contributed by atoms with van der Waals surface area (Å²) in [4.78, 5) is 4.90. The zero-order chi connectivity index (χ0) is 10.8. The van der Waals surface area contributed by atoms with Gasteiger partial charge in [-0.25, -0.2) is 0 Å². The molecule has 1 atom stereocenters. The van der Waals surface area contributed by atoms with Gasteiger partial charge in [0.1, 0.15) is 0 Å². The van der Waals surface area contributed by atoms with Gasteiger partial charge in [-0.1, -0.05) is 17.7 Å². The van der Waals surface area contributed by atoms with Crippen molar-refractivity contribution in [2.24, 2.45) is 0 Å². The van der Waals surface area contributed by atoms with Crippen LogP contribution in [-0.2, 0) is 0 Å². The van der Waals surface area contributed by atoms with E-state index in [9.17, 15) is 0 Å². The molecule has 2 nitrogen and oxygen atoms in total. The summed E-state index contributed by atoms with van der Waals surface area (Å²) in [5.41, 5.74) is 2.70. The Morgan fingerprint density at radius 2 is 1.80 bits per heavy atom. The van der Waals surface area contributed by atoms with Crippen LogP contribution in [0.3, 0.4) is 0 Å². The molecule has 0 amide bonds. The van der Waals surface area contributed by atoms with Crippen LogP contribution in [0.4, 0.5) is 5.69 Å². The lowest BCUT2D eigenvalue weighted by atomic mass is 10.1. The van der Waals surface area contributed by atoms with E-state index < -0.39 is 0 Å². The second-order valence-electron chi connectivity index (χ2n) is 4.61. The molecule has 82 valence electrons. The summed E-state index contributed by atoms with van der Waals surface area (Å²) in [6.45, 7) is 7.87. The van der Waals surface area contributed by atoms with Gasteiger partial charge in [-0.05, 0) is 33.0 Å². The zero-order valence-corrected chi connectivity index (χ0v) is 9.90. The number of nitrogens with zero attached hydrogens (tertiary/aromatic N) is 2. The molecule has 0 saturated carbocycles. The third-order valence-electron chi connectivity index (χ3n) is 3.36. The molecule has 1 heterocycles. The monoisotopic (exact) mass is 204 g/mol. The molecule has 0 aromatic heterocycles.